The summed E-state index contributed by atoms with van der Waals surface area (Å²) in [6, 6.07) is 11.2. The van der Waals surface area contributed by atoms with Gasteiger partial charge in [0.25, 0.3) is 0 Å². The number of rotatable bonds is 0. The van der Waals surface area contributed by atoms with Crippen LogP contribution >= 0.6 is 11.6 Å². The minimum absolute atomic E-state index is 0.0155. The average Bonchev–Trinajstić information content (AvgIpc) is 2.57. The van der Waals surface area contributed by atoms with Crippen molar-refractivity contribution in [2.75, 3.05) is 0 Å². The standard InChI is InChI=1S/C20H23Cl/c1-12-9-16-18(17(21)10-12)14-8-7-13(19(2,3)4)11-15(14)20(16,5)6/h7-11H,1-6H3. The summed E-state index contributed by atoms with van der Waals surface area (Å²) in [5, 5.41) is 0.875. The Hall–Kier alpha value is -1.27. The maximum Gasteiger partial charge on any atom is 0.0490 e. The second kappa shape index (κ2) is 4.36. The summed E-state index contributed by atoms with van der Waals surface area (Å²) in [4.78, 5) is 0. The Morgan fingerprint density at radius 2 is 1.62 bits per heavy atom. The molecule has 3 rings (SSSR count). The van der Waals surface area contributed by atoms with Crippen LogP contribution in [0.2, 0.25) is 5.02 Å². The number of aryl methyl sites for hydroxylation is 1. The van der Waals surface area contributed by atoms with Crippen molar-refractivity contribution in [3.63, 3.8) is 0 Å². The molecule has 0 nitrogen and oxygen atoms in total. The van der Waals surface area contributed by atoms with Crippen molar-refractivity contribution in [3.8, 4) is 11.1 Å². The van der Waals surface area contributed by atoms with Gasteiger partial charge in [0.2, 0.25) is 0 Å². The van der Waals surface area contributed by atoms with Crippen LogP contribution in [-0.2, 0) is 10.8 Å². The van der Waals surface area contributed by atoms with Crippen molar-refractivity contribution in [1.82, 2.24) is 0 Å². The van der Waals surface area contributed by atoms with E-state index in [1.165, 1.54) is 33.4 Å². The van der Waals surface area contributed by atoms with Gasteiger partial charge < -0.3 is 0 Å². The first-order valence-electron chi connectivity index (χ1n) is 7.58. The van der Waals surface area contributed by atoms with Crippen LogP contribution in [-0.4, -0.2) is 0 Å². The highest BCUT2D eigenvalue weighted by Gasteiger charge is 2.37. The molecule has 0 heterocycles. The van der Waals surface area contributed by atoms with Gasteiger partial charge in [0.1, 0.15) is 0 Å². The van der Waals surface area contributed by atoms with E-state index >= 15 is 0 Å². The van der Waals surface area contributed by atoms with Gasteiger partial charge in [-0.2, -0.15) is 0 Å². The number of halogens is 1. The van der Waals surface area contributed by atoms with Crippen molar-refractivity contribution in [2.45, 2.75) is 52.4 Å². The molecule has 1 heteroatoms. The first-order valence-corrected chi connectivity index (χ1v) is 7.96. The summed E-state index contributed by atoms with van der Waals surface area (Å²) in [5.41, 5.74) is 8.08. The highest BCUT2D eigenvalue weighted by atomic mass is 35.5. The molecule has 0 radical (unpaired) electrons. The van der Waals surface area contributed by atoms with Crippen molar-refractivity contribution in [3.05, 3.63) is 57.6 Å². The molecule has 2 aromatic rings. The quantitative estimate of drug-likeness (QED) is 0.539. The maximum atomic E-state index is 6.56. The molecule has 21 heavy (non-hydrogen) atoms. The zero-order valence-electron chi connectivity index (χ0n) is 13.8. The molecule has 0 bridgehead atoms. The predicted molar refractivity (Wildman–Crippen MR) is 92.5 cm³/mol. The molecule has 0 unspecified atom stereocenters. The van der Waals surface area contributed by atoms with Gasteiger partial charge in [0.05, 0.1) is 0 Å². The van der Waals surface area contributed by atoms with E-state index in [0.717, 1.165) is 5.02 Å². The second-order valence-electron chi connectivity index (χ2n) is 7.80. The lowest BCUT2D eigenvalue weighted by Crippen LogP contribution is -2.17. The third kappa shape index (κ3) is 2.12. The molecule has 110 valence electrons. The monoisotopic (exact) mass is 298 g/mol. The van der Waals surface area contributed by atoms with Crippen LogP contribution in [0.25, 0.3) is 11.1 Å². The van der Waals surface area contributed by atoms with E-state index in [9.17, 15) is 0 Å². The Morgan fingerprint density at radius 1 is 0.952 bits per heavy atom. The van der Waals surface area contributed by atoms with Gasteiger partial charge in [-0.05, 0) is 46.2 Å². The minimum Gasteiger partial charge on any atom is -0.0836 e. The lowest BCUT2D eigenvalue weighted by atomic mass is 9.79. The van der Waals surface area contributed by atoms with Crippen LogP contribution in [0, 0.1) is 6.92 Å². The topological polar surface area (TPSA) is 0 Å². The van der Waals surface area contributed by atoms with Crippen LogP contribution in [0.1, 0.15) is 56.9 Å². The maximum absolute atomic E-state index is 6.56. The van der Waals surface area contributed by atoms with E-state index in [0.29, 0.717) is 0 Å². The van der Waals surface area contributed by atoms with Gasteiger partial charge >= 0.3 is 0 Å². The smallest absolute Gasteiger partial charge is 0.0490 e. The number of fused-ring (bicyclic) bond motifs is 3. The van der Waals surface area contributed by atoms with Gasteiger partial charge in [-0.25, -0.2) is 0 Å². The molecule has 0 saturated carbocycles. The van der Waals surface area contributed by atoms with Crippen LogP contribution in [0.3, 0.4) is 0 Å². The highest BCUT2D eigenvalue weighted by Crippen LogP contribution is 2.52. The summed E-state index contributed by atoms with van der Waals surface area (Å²) in [6.07, 6.45) is 0. The fourth-order valence-electron chi connectivity index (χ4n) is 3.40. The third-order valence-electron chi connectivity index (χ3n) is 4.74. The van der Waals surface area contributed by atoms with Crippen molar-refractivity contribution in [2.24, 2.45) is 0 Å². The molecule has 1 aliphatic rings. The van der Waals surface area contributed by atoms with Gasteiger partial charge in [-0.3, -0.25) is 0 Å². The van der Waals surface area contributed by atoms with Crippen LogP contribution in [0.15, 0.2) is 30.3 Å². The minimum atomic E-state index is 0.0155. The second-order valence-corrected chi connectivity index (χ2v) is 8.21. The van der Waals surface area contributed by atoms with Crippen molar-refractivity contribution < 1.29 is 0 Å². The van der Waals surface area contributed by atoms with E-state index in [2.05, 4.69) is 71.9 Å². The van der Waals surface area contributed by atoms with E-state index in [-0.39, 0.29) is 10.8 Å². The Morgan fingerprint density at radius 3 is 2.24 bits per heavy atom. The van der Waals surface area contributed by atoms with E-state index in [1.54, 1.807) is 0 Å². The van der Waals surface area contributed by atoms with Gasteiger partial charge in [-0.15, -0.1) is 0 Å². The van der Waals surface area contributed by atoms with Gasteiger partial charge in [-0.1, -0.05) is 70.5 Å². The number of hydrogen-bond donors (Lipinski definition) is 0. The molecular weight excluding hydrogens is 276 g/mol. The highest BCUT2D eigenvalue weighted by molar-refractivity contribution is 6.34. The Bertz CT molecular complexity index is 730. The SMILES string of the molecule is Cc1cc(Cl)c2c(c1)C(C)(C)c1cc(C(C)(C)C)ccc1-2. The van der Waals surface area contributed by atoms with Crippen LogP contribution < -0.4 is 0 Å². The normalized spacial score (nSPS) is 15.8. The lowest BCUT2D eigenvalue weighted by molar-refractivity contribution is 0.584. The number of hydrogen-bond acceptors (Lipinski definition) is 0. The first-order chi connectivity index (χ1) is 9.62. The summed E-state index contributed by atoms with van der Waals surface area (Å²) in [6.45, 7) is 13.5. The molecule has 0 aromatic heterocycles. The molecular formula is C20H23Cl. The van der Waals surface area contributed by atoms with Gasteiger partial charge in [0, 0.05) is 16.0 Å². The zero-order chi connectivity index (χ0) is 15.6. The van der Waals surface area contributed by atoms with E-state index in [1.807, 2.05) is 0 Å². The van der Waals surface area contributed by atoms with E-state index in [4.69, 9.17) is 11.6 Å². The molecule has 1 aliphatic carbocycles. The average molecular weight is 299 g/mol. The molecule has 0 amide bonds. The van der Waals surface area contributed by atoms with E-state index < -0.39 is 0 Å². The van der Waals surface area contributed by atoms with Crippen LogP contribution in [0.5, 0.6) is 0 Å². The van der Waals surface area contributed by atoms with Crippen LogP contribution in [0.4, 0.5) is 0 Å². The molecule has 0 aliphatic heterocycles. The molecule has 0 atom stereocenters. The molecule has 0 fully saturated rings. The summed E-state index contributed by atoms with van der Waals surface area (Å²) in [7, 11) is 0. The largest absolute Gasteiger partial charge is 0.0836 e. The Balaban J connectivity index is 2.32. The third-order valence-corrected chi connectivity index (χ3v) is 5.03. The summed E-state index contributed by atoms with van der Waals surface area (Å²) < 4.78 is 0. The summed E-state index contributed by atoms with van der Waals surface area (Å²) in [5.74, 6) is 0. The lowest BCUT2D eigenvalue weighted by Gasteiger charge is -2.25. The Labute approximate surface area is 133 Å². The summed E-state index contributed by atoms with van der Waals surface area (Å²) >= 11 is 6.56. The van der Waals surface area contributed by atoms with Crippen molar-refractivity contribution >= 4 is 11.6 Å². The molecule has 0 N–H and O–H groups in total. The fourth-order valence-corrected chi connectivity index (χ4v) is 3.78. The molecule has 0 spiro atoms. The Kier molecular flexibility index (Phi) is 3.05. The van der Waals surface area contributed by atoms with Gasteiger partial charge in [0.15, 0.2) is 0 Å². The number of benzene rings is 2. The zero-order valence-corrected chi connectivity index (χ0v) is 14.5. The van der Waals surface area contributed by atoms with Crippen molar-refractivity contribution in [1.29, 1.82) is 0 Å². The molecule has 0 saturated heterocycles. The predicted octanol–water partition coefficient (Wildman–Crippen LogP) is 6.25. The molecule has 2 aromatic carbocycles. The first kappa shape index (κ1) is 14.7. The fraction of sp³-hybridized carbons (Fsp3) is 0.400.